The first-order chi connectivity index (χ1) is 11.0. The number of nitrogens with zero attached hydrogens (tertiary/aromatic N) is 2. The third kappa shape index (κ3) is 5.83. The second-order valence-corrected chi connectivity index (χ2v) is 6.47. The Bertz CT molecular complexity index is 724. The van der Waals surface area contributed by atoms with E-state index in [0.717, 1.165) is 5.56 Å². The van der Waals surface area contributed by atoms with E-state index in [1.165, 1.54) is 6.26 Å². The maximum atomic E-state index is 11.4. The molecule has 0 amide bonds. The van der Waals surface area contributed by atoms with Gasteiger partial charge in [-0.3, -0.25) is 4.98 Å². The highest BCUT2D eigenvalue weighted by Crippen LogP contribution is 2.11. The summed E-state index contributed by atoms with van der Waals surface area (Å²) >= 11 is 0. The molecule has 2 aromatic rings. The van der Waals surface area contributed by atoms with Crippen LogP contribution < -0.4 is 0 Å². The summed E-state index contributed by atoms with van der Waals surface area (Å²) in [5.74, 6) is 0.447. The average molecular weight is 334 g/mol. The predicted octanol–water partition coefficient (Wildman–Crippen LogP) is 3.10. The summed E-state index contributed by atoms with van der Waals surface area (Å²) in [7, 11) is -1.63. The van der Waals surface area contributed by atoms with Crippen molar-refractivity contribution in [3.63, 3.8) is 0 Å². The quantitative estimate of drug-likeness (QED) is 0.636. The second-order valence-electron chi connectivity index (χ2n) is 4.46. The van der Waals surface area contributed by atoms with E-state index < -0.39 is 9.84 Å². The molecule has 0 aliphatic heterocycles. The lowest BCUT2D eigenvalue weighted by atomic mass is 10.2. The molecule has 2 rings (SSSR count). The number of rotatable bonds is 4. The Kier molecular flexibility index (Phi) is 7.41. The van der Waals surface area contributed by atoms with Gasteiger partial charge < -0.3 is 4.74 Å². The zero-order valence-corrected chi connectivity index (χ0v) is 14.7. The summed E-state index contributed by atoms with van der Waals surface area (Å²) in [6.07, 6.45) is 2.86. The van der Waals surface area contributed by atoms with Gasteiger partial charge in [-0.2, -0.15) is 0 Å². The van der Waals surface area contributed by atoms with Gasteiger partial charge in [-0.1, -0.05) is 32.0 Å². The smallest absolute Gasteiger partial charge is 0.235 e. The van der Waals surface area contributed by atoms with Crippen molar-refractivity contribution in [3.05, 3.63) is 59.9 Å². The van der Waals surface area contributed by atoms with Crippen LogP contribution in [-0.4, -0.2) is 32.7 Å². The number of methoxy groups -OCH3 is 1. The monoisotopic (exact) mass is 334 g/mol. The van der Waals surface area contributed by atoms with E-state index in [2.05, 4.69) is 9.98 Å². The SMILES string of the molecule is CC.COC(=NCc1ccc(S(C)(=O)=O)cc1)c1ccccn1. The first-order valence-electron chi connectivity index (χ1n) is 7.29. The Morgan fingerprint density at radius 3 is 2.26 bits per heavy atom. The van der Waals surface area contributed by atoms with Crippen molar-refractivity contribution in [1.29, 1.82) is 0 Å². The molecule has 0 radical (unpaired) electrons. The van der Waals surface area contributed by atoms with Crippen LogP contribution in [0.2, 0.25) is 0 Å². The molecule has 0 N–H and O–H groups in total. The minimum absolute atomic E-state index is 0.298. The molecular formula is C17H22N2O3S. The van der Waals surface area contributed by atoms with Crippen molar-refractivity contribution in [2.75, 3.05) is 13.4 Å². The van der Waals surface area contributed by atoms with E-state index in [1.54, 1.807) is 37.6 Å². The maximum absolute atomic E-state index is 11.4. The minimum Gasteiger partial charge on any atom is -0.480 e. The van der Waals surface area contributed by atoms with Crippen LogP contribution in [-0.2, 0) is 21.1 Å². The van der Waals surface area contributed by atoms with E-state index in [0.29, 0.717) is 23.0 Å². The number of benzene rings is 1. The fourth-order valence-corrected chi connectivity index (χ4v) is 2.38. The van der Waals surface area contributed by atoms with E-state index >= 15 is 0 Å². The summed E-state index contributed by atoms with van der Waals surface area (Å²) in [4.78, 5) is 8.83. The molecule has 1 heterocycles. The molecule has 0 unspecified atom stereocenters. The average Bonchev–Trinajstić information content (AvgIpc) is 2.58. The van der Waals surface area contributed by atoms with Crippen LogP contribution in [0.25, 0.3) is 0 Å². The van der Waals surface area contributed by atoms with E-state index in [9.17, 15) is 8.42 Å². The summed E-state index contributed by atoms with van der Waals surface area (Å²) in [6.45, 7) is 4.39. The molecule has 6 heteroatoms. The number of hydrogen-bond acceptors (Lipinski definition) is 5. The van der Waals surface area contributed by atoms with Crippen molar-refractivity contribution < 1.29 is 13.2 Å². The van der Waals surface area contributed by atoms with Crippen LogP contribution in [0.15, 0.2) is 58.5 Å². The van der Waals surface area contributed by atoms with Gasteiger partial charge in [0.2, 0.25) is 5.90 Å². The number of ether oxygens (including phenoxy) is 1. The molecule has 5 nitrogen and oxygen atoms in total. The molecule has 0 bridgehead atoms. The molecular weight excluding hydrogens is 312 g/mol. The van der Waals surface area contributed by atoms with Gasteiger partial charge in [0.15, 0.2) is 9.84 Å². The lowest BCUT2D eigenvalue weighted by molar-refractivity contribution is 0.400. The van der Waals surface area contributed by atoms with Gasteiger partial charge in [0.05, 0.1) is 18.6 Å². The summed E-state index contributed by atoms with van der Waals surface area (Å²) in [5.41, 5.74) is 1.56. The highest BCUT2D eigenvalue weighted by molar-refractivity contribution is 7.90. The van der Waals surface area contributed by atoms with Crippen LogP contribution in [0.1, 0.15) is 25.1 Å². The van der Waals surface area contributed by atoms with Crippen LogP contribution in [0, 0.1) is 0 Å². The zero-order chi connectivity index (χ0) is 17.3. The first kappa shape index (κ1) is 18.8. The van der Waals surface area contributed by atoms with Crippen molar-refractivity contribution in [1.82, 2.24) is 4.98 Å². The van der Waals surface area contributed by atoms with Crippen molar-refractivity contribution >= 4 is 15.7 Å². The van der Waals surface area contributed by atoms with Gasteiger partial charge in [0.1, 0.15) is 5.69 Å². The van der Waals surface area contributed by atoms with Gasteiger partial charge in [-0.15, -0.1) is 0 Å². The molecule has 1 aromatic heterocycles. The second kappa shape index (κ2) is 9.05. The predicted molar refractivity (Wildman–Crippen MR) is 92.4 cm³/mol. The fourth-order valence-electron chi connectivity index (χ4n) is 1.74. The highest BCUT2D eigenvalue weighted by Gasteiger charge is 2.07. The minimum atomic E-state index is -3.17. The lowest BCUT2D eigenvalue weighted by Gasteiger charge is -2.05. The van der Waals surface area contributed by atoms with Gasteiger partial charge in [-0.25, -0.2) is 13.4 Å². The molecule has 124 valence electrons. The summed E-state index contributed by atoms with van der Waals surface area (Å²) in [6, 6.07) is 12.1. The zero-order valence-electron chi connectivity index (χ0n) is 13.9. The van der Waals surface area contributed by atoms with Gasteiger partial charge in [0.25, 0.3) is 0 Å². The lowest BCUT2D eigenvalue weighted by Crippen LogP contribution is -2.06. The van der Waals surface area contributed by atoms with Crippen LogP contribution >= 0.6 is 0 Å². The molecule has 0 spiro atoms. The summed E-state index contributed by atoms with van der Waals surface area (Å²) < 4.78 is 28.0. The van der Waals surface area contributed by atoms with Crippen molar-refractivity contribution in [2.45, 2.75) is 25.3 Å². The van der Waals surface area contributed by atoms with Crippen LogP contribution in [0.4, 0.5) is 0 Å². The van der Waals surface area contributed by atoms with Crippen molar-refractivity contribution in [2.24, 2.45) is 4.99 Å². The number of hydrogen-bond donors (Lipinski definition) is 0. The van der Waals surface area contributed by atoms with Gasteiger partial charge >= 0.3 is 0 Å². The standard InChI is InChI=1S/C15H16N2O3S.C2H6/c1-20-15(14-5-3-4-10-16-14)17-11-12-6-8-13(9-7-12)21(2,18)19;1-2/h3-10H,11H2,1-2H3;1-2H3. The largest absolute Gasteiger partial charge is 0.480 e. The van der Waals surface area contributed by atoms with E-state index in [4.69, 9.17) is 4.74 Å². The van der Waals surface area contributed by atoms with Crippen LogP contribution in [0.3, 0.4) is 0 Å². The highest BCUT2D eigenvalue weighted by atomic mass is 32.2. The molecule has 0 atom stereocenters. The Labute approximate surface area is 138 Å². The van der Waals surface area contributed by atoms with Gasteiger partial charge in [-0.05, 0) is 29.8 Å². The molecule has 1 aromatic carbocycles. The van der Waals surface area contributed by atoms with Gasteiger partial charge in [0, 0.05) is 12.5 Å². The molecule has 0 aliphatic carbocycles. The normalized spacial score (nSPS) is 11.4. The van der Waals surface area contributed by atoms with Crippen molar-refractivity contribution in [3.8, 4) is 0 Å². The first-order valence-corrected chi connectivity index (χ1v) is 9.18. The number of pyridine rings is 1. The Morgan fingerprint density at radius 2 is 1.78 bits per heavy atom. The third-order valence-electron chi connectivity index (χ3n) is 2.83. The summed E-state index contributed by atoms with van der Waals surface area (Å²) in [5, 5.41) is 0. The number of sulfone groups is 1. The molecule has 0 saturated heterocycles. The Balaban J connectivity index is 0.00000127. The Hall–Kier alpha value is -2.21. The molecule has 0 fully saturated rings. The fraction of sp³-hybridized carbons (Fsp3) is 0.294. The molecule has 23 heavy (non-hydrogen) atoms. The Morgan fingerprint density at radius 1 is 1.13 bits per heavy atom. The molecule has 0 aliphatic rings. The van der Waals surface area contributed by atoms with Crippen LogP contribution in [0.5, 0.6) is 0 Å². The van der Waals surface area contributed by atoms with E-state index in [-0.39, 0.29) is 0 Å². The maximum Gasteiger partial charge on any atom is 0.235 e. The number of aromatic nitrogens is 1. The third-order valence-corrected chi connectivity index (χ3v) is 3.96. The topological polar surface area (TPSA) is 68.6 Å². The van der Waals surface area contributed by atoms with E-state index in [1.807, 2.05) is 32.0 Å². The molecule has 0 saturated carbocycles. The number of aliphatic imine (C=N–C) groups is 1.